The van der Waals surface area contributed by atoms with E-state index in [-0.39, 0.29) is 0 Å². The molecule has 0 bridgehead atoms. The van der Waals surface area contributed by atoms with Gasteiger partial charge in [0.1, 0.15) is 11.9 Å². The predicted molar refractivity (Wildman–Crippen MR) is 77.2 cm³/mol. The molecule has 1 aliphatic heterocycles. The highest BCUT2D eigenvalue weighted by atomic mass is 32.1. The number of carboxylic acids is 1. The summed E-state index contributed by atoms with van der Waals surface area (Å²) >= 11 is 1.29. The molecule has 0 unspecified atom stereocenters. The summed E-state index contributed by atoms with van der Waals surface area (Å²) in [6.07, 6.45) is 2.26. The minimum absolute atomic E-state index is 0.451. The highest BCUT2D eigenvalue weighted by Gasteiger charge is 2.32. The second-order valence-electron chi connectivity index (χ2n) is 4.85. The lowest BCUT2D eigenvalue weighted by Crippen LogP contribution is -2.35. The van der Waals surface area contributed by atoms with Gasteiger partial charge in [-0.1, -0.05) is 30.3 Å². The van der Waals surface area contributed by atoms with E-state index in [0.717, 1.165) is 29.5 Å². The van der Waals surface area contributed by atoms with Crippen LogP contribution in [0, 0.1) is 0 Å². The van der Waals surface area contributed by atoms with E-state index in [1.54, 1.807) is 0 Å². The third-order valence-corrected chi connectivity index (χ3v) is 4.24. The number of carboxylic acid groups (broad SMARTS) is 1. The van der Waals surface area contributed by atoms with Gasteiger partial charge in [-0.2, -0.15) is 4.37 Å². The van der Waals surface area contributed by atoms with Gasteiger partial charge in [-0.05, 0) is 18.4 Å². The van der Waals surface area contributed by atoms with Crippen LogP contribution in [0.3, 0.4) is 0 Å². The Balaban J connectivity index is 1.75. The van der Waals surface area contributed by atoms with Crippen molar-refractivity contribution in [2.24, 2.45) is 0 Å². The van der Waals surface area contributed by atoms with Gasteiger partial charge in [-0.15, -0.1) is 0 Å². The van der Waals surface area contributed by atoms with Crippen LogP contribution in [0.1, 0.15) is 24.2 Å². The third kappa shape index (κ3) is 2.65. The summed E-state index contributed by atoms with van der Waals surface area (Å²) in [7, 11) is 0. The maximum absolute atomic E-state index is 11.2. The summed E-state index contributed by atoms with van der Waals surface area (Å²) in [5.74, 6) is -0.0189. The second kappa shape index (κ2) is 5.58. The summed E-state index contributed by atoms with van der Waals surface area (Å²) in [5, 5.41) is 9.92. The summed E-state index contributed by atoms with van der Waals surface area (Å²) in [5.41, 5.74) is 1.16. The molecule has 0 aliphatic carbocycles. The number of anilines is 1. The van der Waals surface area contributed by atoms with Crippen molar-refractivity contribution in [2.75, 3.05) is 11.4 Å². The van der Waals surface area contributed by atoms with E-state index in [1.165, 1.54) is 11.5 Å². The van der Waals surface area contributed by atoms with Crippen molar-refractivity contribution in [3.8, 4) is 0 Å². The van der Waals surface area contributed by atoms with Crippen LogP contribution in [0.5, 0.6) is 0 Å². The highest BCUT2D eigenvalue weighted by Crippen LogP contribution is 2.27. The molecular formula is C14H15N3O2S. The number of aliphatic carboxylic acids is 1. The Kier molecular flexibility index (Phi) is 3.64. The van der Waals surface area contributed by atoms with E-state index in [1.807, 2.05) is 35.2 Å². The number of rotatable bonds is 4. The quantitative estimate of drug-likeness (QED) is 0.934. The number of nitrogens with zero attached hydrogens (tertiary/aromatic N) is 3. The van der Waals surface area contributed by atoms with E-state index in [2.05, 4.69) is 9.36 Å². The van der Waals surface area contributed by atoms with Crippen molar-refractivity contribution in [2.45, 2.75) is 25.3 Å². The molecule has 1 atom stereocenters. The largest absolute Gasteiger partial charge is 0.480 e. The minimum Gasteiger partial charge on any atom is -0.480 e. The Hall–Kier alpha value is -1.95. The smallest absolute Gasteiger partial charge is 0.326 e. The maximum Gasteiger partial charge on any atom is 0.326 e. The molecule has 5 nitrogen and oxygen atoms in total. The van der Waals surface area contributed by atoms with Gasteiger partial charge in [0.05, 0.1) is 0 Å². The molecule has 20 heavy (non-hydrogen) atoms. The van der Waals surface area contributed by atoms with Crippen LogP contribution in [-0.2, 0) is 11.2 Å². The highest BCUT2D eigenvalue weighted by molar-refractivity contribution is 7.09. The monoisotopic (exact) mass is 289 g/mol. The molecular weight excluding hydrogens is 274 g/mol. The summed E-state index contributed by atoms with van der Waals surface area (Å²) in [4.78, 5) is 17.5. The van der Waals surface area contributed by atoms with Gasteiger partial charge >= 0.3 is 5.97 Å². The van der Waals surface area contributed by atoms with Gasteiger partial charge in [0.2, 0.25) is 5.13 Å². The Morgan fingerprint density at radius 2 is 2.20 bits per heavy atom. The van der Waals surface area contributed by atoms with Crippen LogP contribution in [0.2, 0.25) is 0 Å². The fourth-order valence-electron chi connectivity index (χ4n) is 2.46. The van der Waals surface area contributed by atoms with E-state index >= 15 is 0 Å². The molecule has 0 spiro atoms. The van der Waals surface area contributed by atoms with Gasteiger partial charge in [0, 0.05) is 24.5 Å². The van der Waals surface area contributed by atoms with Gasteiger partial charge < -0.3 is 10.0 Å². The van der Waals surface area contributed by atoms with Crippen LogP contribution < -0.4 is 4.90 Å². The van der Waals surface area contributed by atoms with Gasteiger partial charge in [0.25, 0.3) is 0 Å². The van der Waals surface area contributed by atoms with Crippen LogP contribution in [-0.4, -0.2) is 33.0 Å². The zero-order valence-corrected chi connectivity index (χ0v) is 11.7. The van der Waals surface area contributed by atoms with Crippen LogP contribution in [0.4, 0.5) is 5.13 Å². The van der Waals surface area contributed by atoms with Gasteiger partial charge in [0.15, 0.2) is 0 Å². The van der Waals surface area contributed by atoms with Crippen molar-refractivity contribution >= 4 is 22.6 Å². The SMILES string of the molecule is O=C(O)[C@H]1CCCN1c1nc(Cc2ccccc2)ns1. The lowest BCUT2D eigenvalue weighted by atomic mass is 10.1. The average molecular weight is 289 g/mol. The van der Waals surface area contributed by atoms with E-state index in [0.29, 0.717) is 12.8 Å². The average Bonchev–Trinajstić information content (AvgIpc) is 3.07. The summed E-state index contributed by atoms with van der Waals surface area (Å²) in [6, 6.07) is 9.58. The molecule has 0 amide bonds. The first kappa shape index (κ1) is 13.1. The van der Waals surface area contributed by atoms with Crippen LogP contribution in [0.25, 0.3) is 0 Å². The van der Waals surface area contributed by atoms with Gasteiger partial charge in [-0.3, -0.25) is 0 Å². The number of benzene rings is 1. The number of aromatic nitrogens is 2. The maximum atomic E-state index is 11.2. The van der Waals surface area contributed by atoms with Crippen molar-refractivity contribution in [3.63, 3.8) is 0 Å². The molecule has 0 saturated carbocycles. The molecule has 6 heteroatoms. The van der Waals surface area contributed by atoms with Crippen molar-refractivity contribution in [3.05, 3.63) is 41.7 Å². The Morgan fingerprint density at radius 1 is 1.40 bits per heavy atom. The first-order chi connectivity index (χ1) is 9.74. The van der Waals surface area contributed by atoms with Crippen molar-refractivity contribution < 1.29 is 9.90 Å². The number of carbonyl (C=O) groups is 1. The minimum atomic E-state index is -0.776. The molecule has 1 aromatic carbocycles. The fraction of sp³-hybridized carbons (Fsp3) is 0.357. The lowest BCUT2D eigenvalue weighted by molar-refractivity contribution is -0.138. The number of hydrogen-bond acceptors (Lipinski definition) is 5. The molecule has 0 radical (unpaired) electrons. The molecule has 2 heterocycles. The normalized spacial score (nSPS) is 18.4. The molecule has 1 fully saturated rings. The summed E-state index contributed by atoms with van der Waals surface area (Å²) < 4.78 is 4.35. The molecule has 104 valence electrons. The first-order valence-corrected chi connectivity index (χ1v) is 7.37. The van der Waals surface area contributed by atoms with Gasteiger partial charge in [-0.25, -0.2) is 9.78 Å². The molecule has 2 aromatic rings. The molecule has 1 aliphatic rings. The van der Waals surface area contributed by atoms with E-state index in [9.17, 15) is 9.90 Å². The van der Waals surface area contributed by atoms with E-state index < -0.39 is 12.0 Å². The molecule has 1 N–H and O–H groups in total. The Bertz CT molecular complexity index is 599. The molecule has 1 saturated heterocycles. The molecule has 1 aromatic heterocycles. The van der Waals surface area contributed by atoms with Crippen LogP contribution >= 0.6 is 11.5 Å². The zero-order chi connectivity index (χ0) is 13.9. The second-order valence-corrected chi connectivity index (χ2v) is 5.58. The first-order valence-electron chi connectivity index (χ1n) is 6.60. The topological polar surface area (TPSA) is 66.3 Å². The summed E-state index contributed by atoms with van der Waals surface area (Å²) in [6.45, 7) is 0.747. The lowest BCUT2D eigenvalue weighted by Gasteiger charge is -2.19. The predicted octanol–water partition coefficient (Wildman–Crippen LogP) is 2.18. The Labute approximate surface area is 121 Å². The number of hydrogen-bond donors (Lipinski definition) is 1. The standard InChI is InChI=1S/C14H15N3O2S/c18-13(19)11-7-4-8-17(11)14-15-12(16-20-14)9-10-5-2-1-3-6-10/h1-3,5-6,11H,4,7-9H2,(H,18,19)/t11-/m1/s1. The van der Waals surface area contributed by atoms with Crippen molar-refractivity contribution in [1.82, 2.24) is 9.36 Å². The van der Waals surface area contributed by atoms with Crippen LogP contribution in [0.15, 0.2) is 30.3 Å². The molecule has 3 rings (SSSR count). The van der Waals surface area contributed by atoms with Crippen molar-refractivity contribution in [1.29, 1.82) is 0 Å². The van der Waals surface area contributed by atoms with E-state index in [4.69, 9.17) is 0 Å². The Morgan fingerprint density at radius 3 is 2.95 bits per heavy atom. The zero-order valence-electron chi connectivity index (χ0n) is 10.9. The third-order valence-electron chi connectivity index (χ3n) is 3.45. The fourth-order valence-corrected chi connectivity index (χ4v) is 3.23.